The number of anilines is 1. The molecule has 2 N–H and O–H groups in total. The van der Waals surface area contributed by atoms with Gasteiger partial charge >= 0.3 is 0 Å². The van der Waals surface area contributed by atoms with E-state index in [0.717, 1.165) is 32.9 Å². The molecule has 1 aromatic heterocycles. The van der Waals surface area contributed by atoms with Crippen LogP contribution in [0.4, 0.5) is 5.69 Å². The van der Waals surface area contributed by atoms with Crippen molar-refractivity contribution in [3.05, 3.63) is 59.4 Å². The average molecular weight is 285 g/mol. The summed E-state index contributed by atoms with van der Waals surface area (Å²) in [6.07, 6.45) is 3.47. The number of aromatic nitrogens is 1. The molecule has 1 heterocycles. The molecular weight excluding hydrogens is 272 g/mol. The molecule has 0 amide bonds. The van der Waals surface area contributed by atoms with Crippen molar-refractivity contribution in [2.75, 3.05) is 5.73 Å². The van der Waals surface area contributed by atoms with E-state index in [1.165, 1.54) is 0 Å². The number of nitrogens with two attached hydrogens (primary N) is 1. The van der Waals surface area contributed by atoms with Gasteiger partial charge in [-0.25, -0.2) is 0 Å². The monoisotopic (exact) mass is 284 g/mol. The Kier molecular flexibility index (Phi) is 3.20. The van der Waals surface area contributed by atoms with Gasteiger partial charge in [-0.1, -0.05) is 11.6 Å². The van der Waals surface area contributed by atoms with E-state index in [2.05, 4.69) is 4.98 Å². The van der Waals surface area contributed by atoms with Gasteiger partial charge in [0.2, 0.25) is 0 Å². The molecule has 0 aliphatic carbocycles. The Balaban J connectivity index is 2.06. The van der Waals surface area contributed by atoms with Crippen LogP contribution >= 0.6 is 11.6 Å². The molecule has 0 bridgehead atoms. The number of benzene rings is 2. The SMILES string of the molecule is Cc1cc(Oc2ccc(N)c3ccncc23)ccc1Cl. The maximum absolute atomic E-state index is 6.02. The topological polar surface area (TPSA) is 48.1 Å². The lowest BCUT2D eigenvalue weighted by molar-refractivity contribution is 0.488. The van der Waals surface area contributed by atoms with Crippen molar-refractivity contribution in [2.45, 2.75) is 6.92 Å². The van der Waals surface area contributed by atoms with Gasteiger partial charge in [0.25, 0.3) is 0 Å². The van der Waals surface area contributed by atoms with Crippen LogP contribution in [0.2, 0.25) is 5.02 Å². The van der Waals surface area contributed by atoms with Gasteiger partial charge in [-0.15, -0.1) is 0 Å². The van der Waals surface area contributed by atoms with E-state index in [0.29, 0.717) is 5.69 Å². The average Bonchev–Trinajstić information content (AvgIpc) is 2.46. The van der Waals surface area contributed by atoms with E-state index >= 15 is 0 Å². The Morgan fingerprint density at radius 1 is 1.10 bits per heavy atom. The van der Waals surface area contributed by atoms with E-state index in [9.17, 15) is 0 Å². The predicted molar refractivity (Wildman–Crippen MR) is 82.4 cm³/mol. The minimum absolute atomic E-state index is 0.710. The van der Waals surface area contributed by atoms with Gasteiger partial charge < -0.3 is 10.5 Å². The molecule has 20 heavy (non-hydrogen) atoms. The van der Waals surface area contributed by atoms with Gasteiger partial charge in [-0.3, -0.25) is 4.98 Å². The second-order valence-electron chi connectivity index (χ2n) is 4.59. The van der Waals surface area contributed by atoms with Crippen molar-refractivity contribution in [3.8, 4) is 11.5 Å². The highest BCUT2D eigenvalue weighted by Gasteiger charge is 2.07. The zero-order valence-electron chi connectivity index (χ0n) is 10.9. The summed E-state index contributed by atoms with van der Waals surface area (Å²) < 4.78 is 5.93. The number of rotatable bonds is 2. The second kappa shape index (κ2) is 5.02. The lowest BCUT2D eigenvalue weighted by atomic mass is 10.1. The van der Waals surface area contributed by atoms with Crippen LogP contribution < -0.4 is 10.5 Å². The number of nitrogens with zero attached hydrogens (tertiary/aromatic N) is 1. The first-order chi connectivity index (χ1) is 9.65. The summed E-state index contributed by atoms with van der Waals surface area (Å²) in [6, 6.07) is 11.1. The van der Waals surface area contributed by atoms with Crippen LogP contribution in [0.3, 0.4) is 0 Å². The highest BCUT2D eigenvalue weighted by molar-refractivity contribution is 6.31. The molecule has 0 atom stereocenters. The molecule has 3 rings (SSSR count). The summed E-state index contributed by atoms with van der Waals surface area (Å²) >= 11 is 6.02. The number of nitrogen functional groups attached to an aromatic ring is 1. The van der Waals surface area contributed by atoms with Gasteiger partial charge in [0.1, 0.15) is 11.5 Å². The third kappa shape index (κ3) is 2.28. The Hall–Kier alpha value is -2.26. The fourth-order valence-electron chi connectivity index (χ4n) is 2.08. The smallest absolute Gasteiger partial charge is 0.136 e. The number of aryl methyl sites for hydroxylation is 1. The molecule has 0 aliphatic heterocycles. The van der Waals surface area contributed by atoms with Crippen molar-refractivity contribution >= 4 is 28.1 Å². The molecule has 2 aromatic carbocycles. The fraction of sp³-hybridized carbons (Fsp3) is 0.0625. The number of halogens is 1. The summed E-state index contributed by atoms with van der Waals surface area (Å²) in [5.41, 5.74) is 7.65. The largest absolute Gasteiger partial charge is 0.457 e. The first-order valence-electron chi connectivity index (χ1n) is 6.21. The molecule has 0 spiro atoms. The quantitative estimate of drug-likeness (QED) is 0.701. The molecule has 0 radical (unpaired) electrons. The van der Waals surface area contributed by atoms with E-state index in [4.69, 9.17) is 22.1 Å². The fourth-order valence-corrected chi connectivity index (χ4v) is 2.20. The van der Waals surface area contributed by atoms with Crippen LogP contribution in [0, 0.1) is 6.92 Å². The van der Waals surface area contributed by atoms with E-state index < -0.39 is 0 Å². The normalized spacial score (nSPS) is 10.7. The molecule has 0 unspecified atom stereocenters. The number of fused-ring (bicyclic) bond motifs is 1. The Morgan fingerprint density at radius 3 is 2.75 bits per heavy atom. The first kappa shape index (κ1) is 12.8. The summed E-state index contributed by atoms with van der Waals surface area (Å²) in [5, 5.41) is 2.55. The standard InChI is InChI=1S/C16H13ClN2O/c1-10-8-11(2-3-14(10)17)20-16-5-4-15(18)12-6-7-19-9-13(12)16/h2-9H,18H2,1H3. The Labute approximate surface area is 122 Å². The highest BCUT2D eigenvalue weighted by Crippen LogP contribution is 2.33. The van der Waals surface area contributed by atoms with Crippen molar-refractivity contribution in [1.82, 2.24) is 4.98 Å². The van der Waals surface area contributed by atoms with Crippen LogP contribution in [0.5, 0.6) is 11.5 Å². The molecule has 100 valence electrons. The zero-order valence-corrected chi connectivity index (χ0v) is 11.7. The zero-order chi connectivity index (χ0) is 14.1. The summed E-state index contributed by atoms with van der Waals surface area (Å²) in [5.74, 6) is 1.46. The summed E-state index contributed by atoms with van der Waals surface area (Å²) in [4.78, 5) is 4.13. The van der Waals surface area contributed by atoms with Gasteiger partial charge in [0.05, 0.1) is 0 Å². The maximum Gasteiger partial charge on any atom is 0.136 e. The Morgan fingerprint density at radius 2 is 1.95 bits per heavy atom. The van der Waals surface area contributed by atoms with Crippen LogP contribution in [0.15, 0.2) is 48.8 Å². The van der Waals surface area contributed by atoms with Gasteiger partial charge in [0.15, 0.2) is 0 Å². The van der Waals surface area contributed by atoms with Crippen LogP contribution in [0.25, 0.3) is 10.8 Å². The third-order valence-electron chi connectivity index (χ3n) is 3.17. The van der Waals surface area contributed by atoms with Crippen molar-refractivity contribution in [2.24, 2.45) is 0 Å². The highest BCUT2D eigenvalue weighted by atomic mass is 35.5. The van der Waals surface area contributed by atoms with E-state index in [-0.39, 0.29) is 0 Å². The van der Waals surface area contributed by atoms with Crippen LogP contribution in [-0.4, -0.2) is 4.98 Å². The number of hydrogen-bond acceptors (Lipinski definition) is 3. The van der Waals surface area contributed by atoms with E-state index in [1.54, 1.807) is 12.4 Å². The molecule has 3 nitrogen and oxygen atoms in total. The van der Waals surface area contributed by atoms with Gasteiger partial charge in [-0.2, -0.15) is 0 Å². The molecule has 0 fully saturated rings. The Bertz CT molecular complexity index is 787. The number of pyridine rings is 1. The predicted octanol–water partition coefficient (Wildman–Crippen LogP) is 4.57. The number of ether oxygens (including phenoxy) is 1. The molecule has 0 aliphatic rings. The third-order valence-corrected chi connectivity index (χ3v) is 3.59. The lowest BCUT2D eigenvalue weighted by Crippen LogP contribution is -1.91. The lowest BCUT2D eigenvalue weighted by Gasteiger charge is -2.11. The van der Waals surface area contributed by atoms with Crippen molar-refractivity contribution in [3.63, 3.8) is 0 Å². The molecule has 3 aromatic rings. The van der Waals surface area contributed by atoms with Gasteiger partial charge in [0, 0.05) is 33.9 Å². The van der Waals surface area contributed by atoms with Crippen molar-refractivity contribution < 1.29 is 4.74 Å². The molecular formula is C16H13ClN2O. The van der Waals surface area contributed by atoms with Gasteiger partial charge in [-0.05, 0) is 48.9 Å². The van der Waals surface area contributed by atoms with E-state index in [1.807, 2.05) is 43.3 Å². The summed E-state index contributed by atoms with van der Waals surface area (Å²) in [7, 11) is 0. The van der Waals surface area contributed by atoms with Crippen LogP contribution in [-0.2, 0) is 0 Å². The minimum atomic E-state index is 0.710. The maximum atomic E-state index is 6.02. The summed E-state index contributed by atoms with van der Waals surface area (Å²) in [6.45, 7) is 1.94. The second-order valence-corrected chi connectivity index (χ2v) is 4.99. The van der Waals surface area contributed by atoms with Crippen LogP contribution in [0.1, 0.15) is 5.56 Å². The number of hydrogen-bond donors (Lipinski definition) is 1. The molecule has 0 saturated carbocycles. The molecule has 4 heteroatoms. The first-order valence-corrected chi connectivity index (χ1v) is 6.59. The van der Waals surface area contributed by atoms with Crippen molar-refractivity contribution in [1.29, 1.82) is 0 Å². The molecule has 0 saturated heterocycles. The minimum Gasteiger partial charge on any atom is -0.457 e.